The number of carbonyl (C=O) groups is 1. The van der Waals surface area contributed by atoms with Gasteiger partial charge in [-0.2, -0.15) is 0 Å². The van der Waals surface area contributed by atoms with Crippen molar-refractivity contribution in [2.75, 3.05) is 47.5 Å². The minimum atomic E-state index is -0.0838. The summed E-state index contributed by atoms with van der Waals surface area (Å²) in [6.45, 7) is 4.00. The van der Waals surface area contributed by atoms with E-state index < -0.39 is 0 Å². The lowest BCUT2D eigenvalue weighted by Crippen LogP contribution is -2.57. The highest BCUT2D eigenvalue weighted by Crippen LogP contribution is 2.50. The van der Waals surface area contributed by atoms with Crippen LogP contribution in [-0.4, -0.2) is 73.8 Å². The average Bonchev–Trinajstić information content (AvgIpc) is 3.15. The third-order valence-corrected chi connectivity index (χ3v) is 9.44. The molecule has 0 bridgehead atoms. The predicted molar refractivity (Wildman–Crippen MR) is 147 cm³/mol. The number of carbonyl (C=O) groups excluding carboxylic acids is 1. The van der Waals surface area contributed by atoms with Crippen LogP contribution < -0.4 is 4.74 Å². The highest BCUT2D eigenvalue weighted by molar-refractivity contribution is 5.78. The number of urea groups is 1. The number of amides is 2. The van der Waals surface area contributed by atoms with E-state index in [0.717, 1.165) is 63.2 Å². The molecule has 37 heavy (non-hydrogen) atoms. The largest absolute Gasteiger partial charge is 0.497 e. The molecule has 2 saturated carbocycles. The van der Waals surface area contributed by atoms with Crippen molar-refractivity contribution in [3.8, 4) is 5.75 Å². The van der Waals surface area contributed by atoms with Crippen LogP contribution in [-0.2, 0) is 16.8 Å². The first kappa shape index (κ1) is 26.1. The standard InChI is InChI=1S/C31H43N3O3/c1-32(20-21-36-2)31(27-10-5-4-6-11-27)18-16-30(17-19-31)24-33(22-26-12-14-28(37-3)15-13-26)29(35)34(30)23-25-8-7-9-25/h4-6,10-15,25H,7-9,16-24H2,1-3H3. The normalized spacial score (nSPS) is 26.2. The van der Waals surface area contributed by atoms with E-state index in [1.165, 1.54) is 24.8 Å². The summed E-state index contributed by atoms with van der Waals surface area (Å²) in [5, 5.41) is 0. The first-order valence-corrected chi connectivity index (χ1v) is 13.9. The number of ether oxygens (including phenoxy) is 2. The molecule has 1 heterocycles. The Kier molecular flexibility index (Phi) is 7.77. The number of hydrogen-bond donors (Lipinski definition) is 0. The van der Waals surface area contributed by atoms with E-state index in [9.17, 15) is 4.79 Å². The molecule has 2 amide bonds. The number of methoxy groups -OCH3 is 2. The molecule has 5 rings (SSSR count). The highest BCUT2D eigenvalue weighted by atomic mass is 16.5. The van der Waals surface area contributed by atoms with Crippen molar-refractivity contribution in [3.05, 3.63) is 65.7 Å². The number of likely N-dealkylation sites (N-methyl/N-ethyl adjacent to an activating group) is 1. The quantitative estimate of drug-likeness (QED) is 0.427. The van der Waals surface area contributed by atoms with E-state index in [1.54, 1.807) is 14.2 Å². The van der Waals surface area contributed by atoms with Gasteiger partial charge < -0.3 is 19.3 Å². The van der Waals surface area contributed by atoms with Crippen LogP contribution in [0.1, 0.15) is 56.1 Å². The van der Waals surface area contributed by atoms with Crippen LogP contribution in [0.2, 0.25) is 0 Å². The number of nitrogens with zero attached hydrogens (tertiary/aromatic N) is 3. The van der Waals surface area contributed by atoms with Crippen molar-refractivity contribution in [1.29, 1.82) is 0 Å². The van der Waals surface area contributed by atoms with Gasteiger partial charge in [0.2, 0.25) is 0 Å². The first-order chi connectivity index (χ1) is 18.0. The van der Waals surface area contributed by atoms with Crippen molar-refractivity contribution in [2.45, 2.75) is 62.6 Å². The van der Waals surface area contributed by atoms with Gasteiger partial charge in [-0.25, -0.2) is 4.79 Å². The third kappa shape index (κ3) is 5.10. The Bertz CT molecular complexity index is 1030. The molecule has 0 unspecified atom stereocenters. The molecule has 2 aliphatic carbocycles. The zero-order valence-electron chi connectivity index (χ0n) is 22.8. The number of rotatable bonds is 10. The molecule has 1 aliphatic heterocycles. The molecule has 200 valence electrons. The summed E-state index contributed by atoms with van der Waals surface area (Å²) < 4.78 is 10.8. The van der Waals surface area contributed by atoms with E-state index in [2.05, 4.69) is 64.2 Å². The second-order valence-electron chi connectivity index (χ2n) is 11.4. The lowest BCUT2D eigenvalue weighted by atomic mass is 9.67. The van der Waals surface area contributed by atoms with Crippen LogP contribution in [0.3, 0.4) is 0 Å². The van der Waals surface area contributed by atoms with Crippen LogP contribution >= 0.6 is 0 Å². The second-order valence-corrected chi connectivity index (χ2v) is 11.4. The maximum Gasteiger partial charge on any atom is 0.320 e. The molecule has 6 heteroatoms. The number of hydrogen-bond acceptors (Lipinski definition) is 4. The fraction of sp³-hybridized carbons (Fsp3) is 0.581. The van der Waals surface area contributed by atoms with Crippen LogP contribution in [0.25, 0.3) is 0 Å². The molecule has 6 nitrogen and oxygen atoms in total. The summed E-state index contributed by atoms with van der Waals surface area (Å²) in [7, 11) is 5.71. The first-order valence-electron chi connectivity index (χ1n) is 13.9. The molecule has 3 fully saturated rings. The summed E-state index contributed by atoms with van der Waals surface area (Å²) in [6.07, 6.45) is 7.95. The third-order valence-electron chi connectivity index (χ3n) is 9.44. The fourth-order valence-electron chi connectivity index (χ4n) is 6.80. The van der Waals surface area contributed by atoms with Gasteiger partial charge in [-0.15, -0.1) is 0 Å². The van der Waals surface area contributed by atoms with Gasteiger partial charge >= 0.3 is 6.03 Å². The van der Waals surface area contributed by atoms with Crippen LogP contribution in [0.4, 0.5) is 4.79 Å². The fourth-order valence-corrected chi connectivity index (χ4v) is 6.80. The lowest BCUT2D eigenvalue weighted by Gasteiger charge is -2.52. The van der Waals surface area contributed by atoms with Crippen molar-refractivity contribution in [3.63, 3.8) is 0 Å². The topological polar surface area (TPSA) is 45.3 Å². The molecular formula is C31H43N3O3. The molecule has 2 aromatic rings. The highest BCUT2D eigenvalue weighted by Gasteiger charge is 2.55. The van der Waals surface area contributed by atoms with Gasteiger partial charge in [0.25, 0.3) is 0 Å². The van der Waals surface area contributed by atoms with Gasteiger partial charge in [0.05, 0.1) is 19.3 Å². The van der Waals surface area contributed by atoms with Gasteiger partial charge in [0.15, 0.2) is 0 Å². The van der Waals surface area contributed by atoms with Gasteiger partial charge in [0.1, 0.15) is 5.75 Å². The Morgan fingerprint density at radius 3 is 2.27 bits per heavy atom. The zero-order chi connectivity index (χ0) is 25.9. The molecular weight excluding hydrogens is 462 g/mol. The number of benzene rings is 2. The lowest BCUT2D eigenvalue weighted by molar-refractivity contribution is -0.00431. The molecule has 1 spiro atoms. The zero-order valence-corrected chi connectivity index (χ0v) is 22.8. The van der Waals surface area contributed by atoms with Gasteiger partial charge in [-0.3, -0.25) is 4.90 Å². The second kappa shape index (κ2) is 11.0. The Morgan fingerprint density at radius 2 is 1.68 bits per heavy atom. The van der Waals surface area contributed by atoms with Gasteiger partial charge in [-0.05, 0) is 74.8 Å². The van der Waals surface area contributed by atoms with E-state index in [0.29, 0.717) is 12.5 Å². The molecule has 1 saturated heterocycles. The Balaban J connectivity index is 1.39. The Morgan fingerprint density at radius 1 is 0.973 bits per heavy atom. The summed E-state index contributed by atoms with van der Waals surface area (Å²) in [4.78, 5) is 20.8. The summed E-state index contributed by atoms with van der Waals surface area (Å²) >= 11 is 0. The van der Waals surface area contributed by atoms with Crippen molar-refractivity contribution in [2.24, 2.45) is 5.92 Å². The smallest absolute Gasteiger partial charge is 0.320 e. The van der Waals surface area contributed by atoms with Crippen LogP contribution in [0, 0.1) is 5.92 Å². The van der Waals surface area contributed by atoms with Gasteiger partial charge in [-0.1, -0.05) is 48.9 Å². The maximum absolute atomic E-state index is 13.9. The summed E-state index contributed by atoms with van der Waals surface area (Å²) in [6, 6.07) is 19.3. The van der Waals surface area contributed by atoms with E-state index in [4.69, 9.17) is 9.47 Å². The Labute approximate surface area is 222 Å². The molecule has 0 radical (unpaired) electrons. The van der Waals surface area contributed by atoms with Gasteiger partial charge in [0, 0.05) is 38.8 Å². The van der Waals surface area contributed by atoms with Crippen molar-refractivity contribution < 1.29 is 14.3 Å². The van der Waals surface area contributed by atoms with E-state index in [1.807, 2.05) is 12.1 Å². The van der Waals surface area contributed by atoms with E-state index >= 15 is 0 Å². The van der Waals surface area contributed by atoms with Crippen LogP contribution in [0.15, 0.2) is 54.6 Å². The summed E-state index contributed by atoms with van der Waals surface area (Å²) in [5.74, 6) is 1.51. The predicted octanol–water partition coefficient (Wildman–Crippen LogP) is 5.52. The van der Waals surface area contributed by atoms with Crippen LogP contribution in [0.5, 0.6) is 5.75 Å². The molecule has 0 aromatic heterocycles. The average molecular weight is 506 g/mol. The molecule has 0 atom stereocenters. The monoisotopic (exact) mass is 505 g/mol. The van der Waals surface area contributed by atoms with E-state index in [-0.39, 0.29) is 17.1 Å². The molecule has 3 aliphatic rings. The SMILES string of the molecule is COCCN(C)C1(c2ccccc2)CCC2(CC1)CN(Cc1ccc(OC)cc1)C(=O)N2CC1CCC1. The molecule has 0 N–H and O–H groups in total. The minimum absolute atomic E-state index is 0.0281. The maximum atomic E-state index is 13.9. The van der Waals surface area contributed by atoms with Crippen molar-refractivity contribution >= 4 is 6.03 Å². The summed E-state index contributed by atoms with van der Waals surface area (Å²) in [5.41, 5.74) is 2.43. The molecule has 2 aromatic carbocycles. The van der Waals surface area contributed by atoms with Crippen molar-refractivity contribution in [1.82, 2.24) is 14.7 Å². The minimum Gasteiger partial charge on any atom is -0.497 e. The Hall–Kier alpha value is -2.57.